The van der Waals surface area contributed by atoms with Gasteiger partial charge in [0.05, 0.1) is 4.92 Å². The lowest BCUT2D eigenvalue weighted by atomic mass is 9.84. The summed E-state index contributed by atoms with van der Waals surface area (Å²) < 4.78 is 0. The summed E-state index contributed by atoms with van der Waals surface area (Å²) in [5.41, 5.74) is 1.18. The highest BCUT2D eigenvalue weighted by Gasteiger charge is 2.49. The van der Waals surface area contributed by atoms with Gasteiger partial charge in [0.25, 0.3) is 5.69 Å². The summed E-state index contributed by atoms with van der Waals surface area (Å²) in [6, 6.07) is 6.99. The number of non-ortho nitro benzene ring substituents is 1. The maximum atomic E-state index is 10.9. The van der Waals surface area contributed by atoms with Gasteiger partial charge in [-0.3, -0.25) is 10.1 Å². The van der Waals surface area contributed by atoms with E-state index in [4.69, 9.17) is 0 Å². The highest BCUT2D eigenvalue weighted by molar-refractivity contribution is 5.56. The highest BCUT2D eigenvalue weighted by Crippen LogP contribution is 2.43. The minimum absolute atomic E-state index is 0.0450. The summed E-state index contributed by atoms with van der Waals surface area (Å²) in [6.07, 6.45) is 0. The lowest BCUT2D eigenvalue weighted by molar-refractivity contribution is -0.384. The molecule has 0 radical (unpaired) electrons. The third-order valence-corrected chi connectivity index (χ3v) is 4.71. The van der Waals surface area contributed by atoms with Crippen LogP contribution in [0.15, 0.2) is 24.3 Å². The second-order valence-corrected chi connectivity index (χ2v) is 6.07. The monoisotopic (exact) mass is 261 g/mol. The number of nitro groups is 1. The van der Waals surface area contributed by atoms with Gasteiger partial charge in [-0.15, -0.1) is 0 Å². The predicted molar refractivity (Wildman–Crippen MR) is 74.4 cm³/mol. The largest absolute Gasteiger partial charge is 0.366 e. The minimum atomic E-state index is -0.324. The molecule has 1 aromatic rings. The van der Waals surface area contributed by atoms with E-state index in [9.17, 15) is 10.1 Å². The van der Waals surface area contributed by atoms with Crippen molar-refractivity contribution in [3.05, 3.63) is 34.4 Å². The van der Waals surface area contributed by atoms with E-state index in [1.807, 2.05) is 6.07 Å². The first kappa shape index (κ1) is 12.4. The van der Waals surface area contributed by atoms with Crippen molar-refractivity contribution in [3.63, 3.8) is 0 Å². The Balaban J connectivity index is 1.94. The van der Waals surface area contributed by atoms with Gasteiger partial charge in [-0.25, -0.2) is 0 Å². The SMILES string of the molecule is CC1(C)C2CNCC2CN1c1cccc([N+](=O)[O-])c1. The molecular formula is C14H19N3O2. The topological polar surface area (TPSA) is 58.4 Å². The van der Waals surface area contributed by atoms with Gasteiger partial charge in [-0.05, 0) is 31.7 Å². The van der Waals surface area contributed by atoms with Gasteiger partial charge in [-0.2, -0.15) is 0 Å². The Bertz CT molecular complexity index is 515. The summed E-state index contributed by atoms with van der Waals surface area (Å²) in [4.78, 5) is 12.9. The highest BCUT2D eigenvalue weighted by atomic mass is 16.6. The molecule has 2 saturated heterocycles. The molecule has 102 valence electrons. The average Bonchev–Trinajstić information content (AvgIpc) is 2.92. The van der Waals surface area contributed by atoms with Crippen LogP contribution in [-0.4, -0.2) is 30.1 Å². The van der Waals surface area contributed by atoms with Crippen molar-refractivity contribution in [3.8, 4) is 0 Å². The molecule has 5 nitrogen and oxygen atoms in total. The van der Waals surface area contributed by atoms with E-state index in [1.54, 1.807) is 18.2 Å². The van der Waals surface area contributed by atoms with Crippen LogP contribution in [0, 0.1) is 22.0 Å². The molecule has 2 unspecified atom stereocenters. The van der Waals surface area contributed by atoms with Crippen LogP contribution in [0.1, 0.15) is 13.8 Å². The second kappa shape index (κ2) is 4.20. The molecular weight excluding hydrogens is 242 g/mol. The number of fused-ring (bicyclic) bond motifs is 1. The van der Waals surface area contributed by atoms with Gasteiger partial charge in [0, 0.05) is 43.0 Å². The van der Waals surface area contributed by atoms with E-state index in [0.29, 0.717) is 11.8 Å². The number of nitrogens with zero attached hydrogens (tertiary/aromatic N) is 2. The van der Waals surface area contributed by atoms with E-state index in [-0.39, 0.29) is 16.1 Å². The van der Waals surface area contributed by atoms with Gasteiger partial charge >= 0.3 is 0 Å². The zero-order valence-electron chi connectivity index (χ0n) is 11.3. The van der Waals surface area contributed by atoms with Gasteiger partial charge in [-0.1, -0.05) is 6.07 Å². The quantitative estimate of drug-likeness (QED) is 0.653. The Morgan fingerprint density at radius 1 is 1.42 bits per heavy atom. The Kier molecular flexibility index (Phi) is 2.74. The molecule has 0 bridgehead atoms. The molecule has 2 aliphatic heterocycles. The van der Waals surface area contributed by atoms with Gasteiger partial charge in [0.1, 0.15) is 0 Å². The zero-order valence-corrected chi connectivity index (χ0v) is 11.3. The lowest BCUT2D eigenvalue weighted by Crippen LogP contribution is -2.44. The fourth-order valence-electron chi connectivity index (χ4n) is 3.63. The van der Waals surface area contributed by atoms with Crippen LogP contribution in [0.5, 0.6) is 0 Å². The van der Waals surface area contributed by atoms with Crippen LogP contribution < -0.4 is 10.2 Å². The summed E-state index contributed by atoms with van der Waals surface area (Å²) in [6.45, 7) is 7.56. The van der Waals surface area contributed by atoms with Crippen molar-refractivity contribution in [2.45, 2.75) is 19.4 Å². The molecule has 3 rings (SSSR count). The van der Waals surface area contributed by atoms with Crippen LogP contribution in [-0.2, 0) is 0 Å². The van der Waals surface area contributed by atoms with Crippen LogP contribution in [0.4, 0.5) is 11.4 Å². The van der Waals surface area contributed by atoms with Crippen molar-refractivity contribution in [1.82, 2.24) is 5.32 Å². The van der Waals surface area contributed by atoms with Crippen LogP contribution in [0.25, 0.3) is 0 Å². The summed E-state index contributed by atoms with van der Waals surface area (Å²) in [7, 11) is 0. The predicted octanol–water partition coefficient (Wildman–Crippen LogP) is 2.03. The molecule has 0 spiro atoms. The molecule has 1 N–H and O–H groups in total. The maximum absolute atomic E-state index is 10.9. The zero-order chi connectivity index (χ0) is 13.6. The molecule has 2 heterocycles. The summed E-state index contributed by atoms with van der Waals surface area (Å²) in [5, 5.41) is 14.3. The van der Waals surface area contributed by atoms with Gasteiger partial charge in [0.15, 0.2) is 0 Å². The first-order valence-corrected chi connectivity index (χ1v) is 6.73. The van der Waals surface area contributed by atoms with Crippen LogP contribution in [0.3, 0.4) is 0 Å². The molecule has 2 aliphatic rings. The average molecular weight is 261 g/mol. The third-order valence-electron chi connectivity index (χ3n) is 4.71. The number of nitrogens with one attached hydrogen (secondary N) is 1. The third kappa shape index (κ3) is 1.89. The molecule has 0 saturated carbocycles. The Morgan fingerprint density at radius 2 is 2.21 bits per heavy atom. The van der Waals surface area contributed by atoms with E-state index in [2.05, 4.69) is 24.1 Å². The number of anilines is 1. The smallest absolute Gasteiger partial charge is 0.271 e. The van der Waals surface area contributed by atoms with E-state index in [1.165, 1.54) is 0 Å². The number of hydrogen-bond acceptors (Lipinski definition) is 4. The van der Waals surface area contributed by atoms with Crippen LogP contribution >= 0.6 is 0 Å². The van der Waals surface area contributed by atoms with Crippen molar-refractivity contribution in [2.75, 3.05) is 24.5 Å². The van der Waals surface area contributed by atoms with Crippen LogP contribution in [0.2, 0.25) is 0 Å². The molecule has 0 amide bonds. The molecule has 5 heteroatoms. The number of benzene rings is 1. The molecule has 0 aromatic heterocycles. The van der Waals surface area contributed by atoms with Gasteiger partial charge < -0.3 is 10.2 Å². The number of nitro benzene ring substituents is 1. The summed E-state index contributed by atoms with van der Waals surface area (Å²) >= 11 is 0. The van der Waals surface area contributed by atoms with E-state index < -0.39 is 0 Å². The van der Waals surface area contributed by atoms with Crippen molar-refractivity contribution >= 4 is 11.4 Å². The normalized spacial score (nSPS) is 28.4. The van der Waals surface area contributed by atoms with E-state index >= 15 is 0 Å². The Hall–Kier alpha value is -1.62. The molecule has 1 aromatic carbocycles. The Labute approximate surface area is 112 Å². The maximum Gasteiger partial charge on any atom is 0.271 e. The van der Waals surface area contributed by atoms with E-state index in [0.717, 1.165) is 25.3 Å². The first-order chi connectivity index (χ1) is 9.00. The lowest BCUT2D eigenvalue weighted by Gasteiger charge is -2.37. The first-order valence-electron chi connectivity index (χ1n) is 6.73. The van der Waals surface area contributed by atoms with Gasteiger partial charge in [0.2, 0.25) is 0 Å². The molecule has 0 aliphatic carbocycles. The molecule has 2 atom stereocenters. The number of rotatable bonds is 2. The summed E-state index contributed by atoms with van der Waals surface area (Å²) in [5.74, 6) is 1.26. The second-order valence-electron chi connectivity index (χ2n) is 6.07. The number of hydrogen-bond donors (Lipinski definition) is 1. The fourth-order valence-corrected chi connectivity index (χ4v) is 3.63. The molecule has 19 heavy (non-hydrogen) atoms. The fraction of sp³-hybridized carbons (Fsp3) is 0.571. The van der Waals surface area contributed by atoms with Crippen molar-refractivity contribution in [2.24, 2.45) is 11.8 Å². The standard InChI is InChI=1S/C14H19N3O2/c1-14(2)13-8-15-7-10(13)9-16(14)11-4-3-5-12(6-11)17(18)19/h3-6,10,13,15H,7-9H2,1-2H3. The minimum Gasteiger partial charge on any atom is -0.366 e. The van der Waals surface area contributed by atoms with Crippen molar-refractivity contribution in [1.29, 1.82) is 0 Å². The van der Waals surface area contributed by atoms with Crippen molar-refractivity contribution < 1.29 is 4.92 Å². The molecule has 2 fully saturated rings. The Morgan fingerprint density at radius 3 is 2.89 bits per heavy atom.